The van der Waals surface area contributed by atoms with Crippen molar-refractivity contribution in [1.82, 2.24) is 0 Å². The molecule has 0 radical (unpaired) electrons. The zero-order valence-electron chi connectivity index (χ0n) is 6.96. The zero-order valence-corrected chi connectivity index (χ0v) is 7.71. The van der Waals surface area contributed by atoms with Crippen molar-refractivity contribution < 1.29 is 9.90 Å². The summed E-state index contributed by atoms with van der Waals surface area (Å²) in [6.07, 6.45) is 0. The number of carboxylic acids is 1. The van der Waals surface area contributed by atoms with Crippen LogP contribution < -0.4 is 5.73 Å². The standard InChI is InChI=1S/C9H10ClNO2/c10-4-8-3-6(9(12)13)1-2-7(8)5-11/h1-3H,4-5,11H2,(H,12,13). The molecule has 1 rings (SSSR count). The van der Waals surface area contributed by atoms with Gasteiger partial charge in [0, 0.05) is 12.4 Å². The van der Waals surface area contributed by atoms with Gasteiger partial charge in [0.05, 0.1) is 5.56 Å². The van der Waals surface area contributed by atoms with Crippen molar-refractivity contribution in [2.75, 3.05) is 0 Å². The molecule has 0 aliphatic rings. The average molecular weight is 200 g/mol. The lowest BCUT2D eigenvalue weighted by Gasteiger charge is -2.05. The Balaban J connectivity index is 3.13. The van der Waals surface area contributed by atoms with Crippen molar-refractivity contribution in [3.05, 3.63) is 34.9 Å². The average Bonchev–Trinajstić information content (AvgIpc) is 2.16. The highest BCUT2D eigenvalue weighted by molar-refractivity contribution is 6.17. The minimum Gasteiger partial charge on any atom is -0.478 e. The molecule has 3 N–H and O–H groups in total. The molecule has 1 aromatic rings. The molecular weight excluding hydrogens is 190 g/mol. The molecule has 0 amide bonds. The Hall–Kier alpha value is -1.06. The van der Waals surface area contributed by atoms with Crippen molar-refractivity contribution in [2.24, 2.45) is 5.73 Å². The molecule has 0 bridgehead atoms. The van der Waals surface area contributed by atoms with Gasteiger partial charge in [0.1, 0.15) is 0 Å². The van der Waals surface area contributed by atoms with Crippen LogP contribution in [0.1, 0.15) is 21.5 Å². The van der Waals surface area contributed by atoms with E-state index >= 15 is 0 Å². The molecule has 70 valence electrons. The molecule has 3 nitrogen and oxygen atoms in total. The number of hydrogen-bond donors (Lipinski definition) is 2. The third kappa shape index (κ3) is 2.20. The van der Waals surface area contributed by atoms with Gasteiger partial charge in [-0.15, -0.1) is 11.6 Å². The van der Waals surface area contributed by atoms with Gasteiger partial charge in [-0.3, -0.25) is 0 Å². The first kappa shape index (κ1) is 10.0. The van der Waals surface area contributed by atoms with Gasteiger partial charge in [-0.05, 0) is 23.3 Å². The van der Waals surface area contributed by atoms with Gasteiger partial charge in [-0.2, -0.15) is 0 Å². The number of rotatable bonds is 3. The predicted octanol–water partition coefficient (Wildman–Crippen LogP) is 1.58. The molecule has 0 aliphatic carbocycles. The summed E-state index contributed by atoms with van der Waals surface area (Å²) < 4.78 is 0. The minimum atomic E-state index is -0.949. The van der Waals surface area contributed by atoms with E-state index in [2.05, 4.69) is 0 Å². The molecule has 0 aliphatic heterocycles. The largest absolute Gasteiger partial charge is 0.478 e. The van der Waals surface area contributed by atoms with Crippen LogP contribution in [0.4, 0.5) is 0 Å². The summed E-state index contributed by atoms with van der Waals surface area (Å²) in [4.78, 5) is 10.6. The van der Waals surface area contributed by atoms with E-state index in [4.69, 9.17) is 22.4 Å². The van der Waals surface area contributed by atoms with Crippen LogP contribution in [-0.4, -0.2) is 11.1 Å². The maximum atomic E-state index is 10.6. The van der Waals surface area contributed by atoms with E-state index in [1.54, 1.807) is 12.1 Å². The van der Waals surface area contributed by atoms with E-state index in [1.807, 2.05) is 0 Å². The number of nitrogens with two attached hydrogens (primary N) is 1. The molecule has 13 heavy (non-hydrogen) atoms. The van der Waals surface area contributed by atoms with Crippen LogP contribution in [0.5, 0.6) is 0 Å². The molecule has 1 aromatic carbocycles. The quantitative estimate of drug-likeness (QED) is 0.727. The lowest BCUT2D eigenvalue weighted by Crippen LogP contribution is -2.03. The van der Waals surface area contributed by atoms with Gasteiger partial charge in [0.2, 0.25) is 0 Å². The van der Waals surface area contributed by atoms with Crippen molar-refractivity contribution in [1.29, 1.82) is 0 Å². The molecule has 0 spiro atoms. The smallest absolute Gasteiger partial charge is 0.335 e. The third-order valence-corrected chi connectivity index (χ3v) is 2.11. The van der Waals surface area contributed by atoms with Crippen LogP contribution in [0, 0.1) is 0 Å². The fourth-order valence-electron chi connectivity index (χ4n) is 1.08. The highest BCUT2D eigenvalue weighted by Crippen LogP contribution is 2.14. The number of aromatic carboxylic acids is 1. The van der Waals surface area contributed by atoms with Crippen LogP contribution in [0.15, 0.2) is 18.2 Å². The second-order valence-corrected chi connectivity index (χ2v) is 2.89. The van der Waals surface area contributed by atoms with E-state index in [0.29, 0.717) is 6.54 Å². The lowest BCUT2D eigenvalue weighted by molar-refractivity contribution is 0.0697. The zero-order chi connectivity index (χ0) is 9.84. The van der Waals surface area contributed by atoms with E-state index in [-0.39, 0.29) is 11.4 Å². The summed E-state index contributed by atoms with van der Waals surface area (Å²) in [5.74, 6) is -0.664. The fourth-order valence-corrected chi connectivity index (χ4v) is 1.33. The molecule has 0 saturated heterocycles. The lowest BCUT2D eigenvalue weighted by atomic mass is 10.1. The van der Waals surface area contributed by atoms with E-state index < -0.39 is 5.97 Å². The normalized spacial score (nSPS) is 10.0. The Kier molecular flexibility index (Phi) is 3.28. The predicted molar refractivity (Wildman–Crippen MR) is 50.8 cm³/mol. The Labute approximate surface area is 81.1 Å². The molecule has 0 aromatic heterocycles. The first-order valence-electron chi connectivity index (χ1n) is 3.80. The summed E-state index contributed by atoms with van der Waals surface area (Å²) in [5, 5.41) is 8.69. The van der Waals surface area contributed by atoms with E-state index in [0.717, 1.165) is 11.1 Å². The van der Waals surface area contributed by atoms with Crippen LogP contribution in [0.25, 0.3) is 0 Å². The van der Waals surface area contributed by atoms with Gasteiger partial charge in [0.15, 0.2) is 0 Å². The summed E-state index contributed by atoms with van der Waals surface area (Å²) in [7, 11) is 0. The first-order chi connectivity index (χ1) is 6.19. The Bertz CT molecular complexity index is 325. The molecule has 0 saturated carbocycles. The second kappa shape index (κ2) is 4.25. The van der Waals surface area contributed by atoms with Crippen molar-refractivity contribution >= 4 is 17.6 Å². The first-order valence-corrected chi connectivity index (χ1v) is 4.33. The highest BCUT2D eigenvalue weighted by atomic mass is 35.5. The molecule has 0 fully saturated rings. The number of halogens is 1. The number of carbonyl (C=O) groups is 1. The minimum absolute atomic E-state index is 0.243. The number of alkyl halides is 1. The van der Waals surface area contributed by atoms with Crippen LogP contribution in [-0.2, 0) is 12.4 Å². The molecule has 0 heterocycles. The topological polar surface area (TPSA) is 63.3 Å². The molecular formula is C9H10ClNO2. The molecule has 4 heteroatoms. The summed E-state index contributed by atoms with van der Waals surface area (Å²) in [6, 6.07) is 4.78. The third-order valence-electron chi connectivity index (χ3n) is 1.82. The monoisotopic (exact) mass is 199 g/mol. The molecule has 0 unspecified atom stereocenters. The highest BCUT2D eigenvalue weighted by Gasteiger charge is 2.06. The summed E-state index contributed by atoms with van der Waals surface area (Å²) in [5.41, 5.74) is 7.36. The van der Waals surface area contributed by atoms with Crippen molar-refractivity contribution in [3.63, 3.8) is 0 Å². The van der Waals surface area contributed by atoms with Gasteiger partial charge in [0.25, 0.3) is 0 Å². The van der Waals surface area contributed by atoms with Crippen molar-refractivity contribution in [2.45, 2.75) is 12.4 Å². The van der Waals surface area contributed by atoms with Gasteiger partial charge < -0.3 is 10.8 Å². The number of benzene rings is 1. The summed E-state index contributed by atoms with van der Waals surface area (Å²) in [6.45, 7) is 0.377. The molecule has 0 atom stereocenters. The van der Waals surface area contributed by atoms with Gasteiger partial charge in [-0.25, -0.2) is 4.79 Å². The van der Waals surface area contributed by atoms with Crippen LogP contribution in [0.2, 0.25) is 0 Å². The van der Waals surface area contributed by atoms with Gasteiger partial charge >= 0.3 is 5.97 Å². The van der Waals surface area contributed by atoms with E-state index in [1.165, 1.54) is 6.07 Å². The number of hydrogen-bond acceptors (Lipinski definition) is 2. The fraction of sp³-hybridized carbons (Fsp3) is 0.222. The maximum absolute atomic E-state index is 10.6. The Morgan fingerprint density at radius 3 is 2.62 bits per heavy atom. The summed E-state index contributed by atoms with van der Waals surface area (Å²) >= 11 is 5.64. The Morgan fingerprint density at radius 2 is 2.15 bits per heavy atom. The van der Waals surface area contributed by atoms with Crippen molar-refractivity contribution in [3.8, 4) is 0 Å². The van der Waals surface area contributed by atoms with Crippen LogP contribution in [0.3, 0.4) is 0 Å². The maximum Gasteiger partial charge on any atom is 0.335 e. The SMILES string of the molecule is NCc1ccc(C(=O)O)cc1CCl. The van der Waals surface area contributed by atoms with Crippen LogP contribution >= 0.6 is 11.6 Å². The second-order valence-electron chi connectivity index (χ2n) is 2.63. The van der Waals surface area contributed by atoms with Gasteiger partial charge in [-0.1, -0.05) is 6.07 Å². The van der Waals surface area contributed by atoms with E-state index in [9.17, 15) is 4.79 Å². The number of carboxylic acid groups (broad SMARTS) is 1. The Morgan fingerprint density at radius 1 is 1.46 bits per heavy atom.